The van der Waals surface area contributed by atoms with Gasteiger partial charge in [0.1, 0.15) is 11.3 Å². The van der Waals surface area contributed by atoms with Crippen molar-refractivity contribution < 1.29 is 13.9 Å². The lowest BCUT2D eigenvalue weighted by atomic mass is 9.98. The van der Waals surface area contributed by atoms with Gasteiger partial charge in [-0.25, -0.2) is 0 Å². The molecule has 5 nitrogen and oxygen atoms in total. The van der Waals surface area contributed by atoms with Gasteiger partial charge in [-0.2, -0.15) is 0 Å². The highest BCUT2D eigenvalue weighted by Gasteiger charge is 2.47. The molecule has 3 heterocycles. The van der Waals surface area contributed by atoms with Gasteiger partial charge in [0.05, 0.1) is 6.61 Å². The van der Waals surface area contributed by atoms with Gasteiger partial charge in [0.2, 0.25) is 0 Å². The fraction of sp³-hybridized carbons (Fsp3) is 0.550. The Morgan fingerprint density at radius 1 is 1.12 bits per heavy atom. The van der Waals surface area contributed by atoms with Crippen molar-refractivity contribution >= 4 is 29.3 Å². The summed E-state index contributed by atoms with van der Waals surface area (Å²) in [5.74, 6) is 0.431. The molecule has 4 rings (SSSR count). The predicted octanol–water partition coefficient (Wildman–Crippen LogP) is 3.67. The number of halogens is 1. The minimum absolute atomic E-state index is 0. The molecule has 0 atom stereocenters. The number of carbonyl (C=O) groups is 1. The number of aryl methyl sites for hydroxylation is 3. The zero-order chi connectivity index (χ0) is 17.8. The third-order valence-electron chi connectivity index (χ3n) is 5.76. The SMILES string of the molecule is Cc1cc(C)c2c(C)c(C(=O)N3CCOC34CCN(C)CC4)oc2c1.Cl. The molecule has 26 heavy (non-hydrogen) atoms. The van der Waals surface area contributed by atoms with Gasteiger partial charge in [0, 0.05) is 43.4 Å². The van der Waals surface area contributed by atoms with E-state index in [1.54, 1.807) is 0 Å². The maximum Gasteiger partial charge on any atom is 0.292 e. The van der Waals surface area contributed by atoms with Crippen molar-refractivity contribution in [3.05, 3.63) is 34.6 Å². The summed E-state index contributed by atoms with van der Waals surface area (Å²) in [6.45, 7) is 9.24. The highest BCUT2D eigenvalue weighted by Crippen LogP contribution is 2.37. The highest BCUT2D eigenvalue weighted by atomic mass is 35.5. The first-order valence-corrected chi connectivity index (χ1v) is 9.06. The molecule has 2 aliphatic heterocycles. The van der Waals surface area contributed by atoms with Crippen LogP contribution in [0.4, 0.5) is 0 Å². The Bertz CT molecular complexity index is 837. The van der Waals surface area contributed by atoms with E-state index in [9.17, 15) is 4.79 Å². The van der Waals surface area contributed by atoms with Crippen LogP contribution in [0.25, 0.3) is 11.0 Å². The van der Waals surface area contributed by atoms with Gasteiger partial charge in [-0.3, -0.25) is 4.79 Å². The topological polar surface area (TPSA) is 45.9 Å². The summed E-state index contributed by atoms with van der Waals surface area (Å²) in [7, 11) is 2.11. The summed E-state index contributed by atoms with van der Waals surface area (Å²) in [6.07, 6.45) is 1.71. The van der Waals surface area contributed by atoms with E-state index in [-0.39, 0.29) is 18.3 Å². The summed E-state index contributed by atoms with van der Waals surface area (Å²) in [5, 5.41) is 1.06. The monoisotopic (exact) mass is 378 g/mol. The molecule has 0 radical (unpaired) electrons. The van der Waals surface area contributed by atoms with Crippen LogP contribution in [0.2, 0.25) is 0 Å². The summed E-state index contributed by atoms with van der Waals surface area (Å²) in [5.41, 5.74) is 3.58. The normalized spacial score (nSPS) is 19.9. The Morgan fingerprint density at radius 2 is 1.81 bits per heavy atom. The van der Waals surface area contributed by atoms with E-state index >= 15 is 0 Å². The standard InChI is InChI=1S/C20H26N2O3.ClH/c1-13-11-14(2)17-15(3)18(25-16(17)12-13)19(23)22-9-10-24-20(22)5-7-21(4)8-6-20;/h11-12H,5-10H2,1-4H3;1H. The molecule has 0 N–H and O–H groups in total. The van der Waals surface area contributed by atoms with E-state index in [1.165, 1.54) is 0 Å². The second-order valence-electron chi connectivity index (χ2n) is 7.57. The van der Waals surface area contributed by atoms with Crippen molar-refractivity contribution in [2.45, 2.75) is 39.3 Å². The minimum Gasteiger partial charge on any atom is -0.451 e. The predicted molar refractivity (Wildman–Crippen MR) is 104 cm³/mol. The first-order chi connectivity index (χ1) is 11.9. The molecule has 2 aliphatic rings. The van der Waals surface area contributed by atoms with Crippen molar-refractivity contribution in [3.8, 4) is 0 Å². The summed E-state index contributed by atoms with van der Waals surface area (Å²) in [6, 6.07) is 4.15. The number of carbonyl (C=O) groups excluding carboxylic acids is 1. The van der Waals surface area contributed by atoms with Crippen LogP contribution in [0.5, 0.6) is 0 Å². The molecular formula is C20H27ClN2O3. The smallest absolute Gasteiger partial charge is 0.292 e. The molecule has 2 fully saturated rings. The van der Waals surface area contributed by atoms with Crippen LogP contribution in [-0.2, 0) is 4.74 Å². The molecule has 142 valence electrons. The van der Waals surface area contributed by atoms with Gasteiger partial charge >= 0.3 is 0 Å². The molecule has 2 saturated heterocycles. The lowest BCUT2D eigenvalue weighted by Crippen LogP contribution is -2.54. The third-order valence-corrected chi connectivity index (χ3v) is 5.76. The van der Waals surface area contributed by atoms with E-state index < -0.39 is 5.72 Å². The second-order valence-corrected chi connectivity index (χ2v) is 7.57. The van der Waals surface area contributed by atoms with Crippen LogP contribution in [0.1, 0.15) is 40.1 Å². The molecule has 1 amide bonds. The summed E-state index contributed by atoms with van der Waals surface area (Å²) >= 11 is 0. The average Bonchev–Trinajstić information content (AvgIpc) is 3.11. The Labute approximate surface area is 160 Å². The quantitative estimate of drug-likeness (QED) is 0.759. The number of fused-ring (bicyclic) bond motifs is 1. The van der Waals surface area contributed by atoms with Gasteiger partial charge in [0.15, 0.2) is 5.76 Å². The number of benzene rings is 1. The van der Waals surface area contributed by atoms with Crippen LogP contribution in [0, 0.1) is 20.8 Å². The number of furan rings is 1. The van der Waals surface area contributed by atoms with E-state index in [0.717, 1.165) is 53.6 Å². The lowest BCUT2D eigenvalue weighted by molar-refractivity contribution is -0.103. The fourth-order valence-corrected chi connectivity index (χ4v) is 4.39. The summed E-state index contributed by atoms with van der Waals surface area (Å²) in [4.78, 5) is 17.5. The van der Waals surface area contributed by atoms with Gasteiger partial charge in [-0.05, 0) is 45.0 Å². The highest BCUT2D eigenvalue weighted by molar-refractivity contribution is 6.00. The zero-order valence-corrected chi connectivity index (χ0v) is 16.7. The van der Waals surface area contributed by atoms with Crippen LogP contribution in [0.3, 0.4) is 0 Å². The largest absolute Gasteiger partial charge is 0.451 e. The van der Waals surface area contributed by atoms with Crippen molar-refractivity contribution in [2.24, 2.45) is 0 Å². The summed E-state index contributed by atoms with van der Waals surface area (Å²) < 4.78 is 12.1. The van der Waals surface area contributed by atoms with Crippen molar-refractivity contribution in [3.63, 3.8) is 0 Å². The fourth-order valence-electron chi connectivity index (χ4n) is 4.39. The first-order valence-electron chi connectivity index (χ1n) is 9.06. The Hall–Kier alpha value is -1.56. The van der Waals surface area contributed by atoms with Crippen molar-refractivity contribution in [1.82, 2.24) is 9.80 Å². The average molecular weight is 379 g/mol. The molecule has 1 aromatic heterocycles. The number of rotatable bonds is 1. The number of likely N-dealkylation sites (tertiary alicyclic amines) is 1. The van der Waals surface area contributed by atoms with Crippen molar-refractivity contribution in [1.29, 1.82) is 0 Å². The molecule has 1 spiro atoms. The number of amides is 1. The lowest BCUT2D eigenvalue weighted by Gasteiger charge is -2.42. The van der Waals surface area contributed by atoms with Gasteiger partial charge in [-0.15, -0.1) is 12.4 Å². The number of nitrogens with zero attached hydrogens (tertiary/aromatic N) is 2. The van der Waals surface area contributed by atoms with E-state index in [4.69, 9.17) is 9.15 Å². The van der Waals surface area contributed by atoms with Crippen LogP contribution in [-0.4, -0.2) is 54.7 Å². The van der Waals surface area contributed by atoms with E-state index in [1.807, 2.05) is 24.8 Å². The molecular weight excluding hydrogens is 352 g/mol. The van der Waals surface area contributed by atoms with Crippen molar-refractivity contribution in [2.75, 3.05) is 33.3 Å². The van der Waals surface area contributed by atoms with Gasteiger partial charge in [-0.1, -0.05) is 6.07 Å². The maximum atomic E-state index is 13.3. The number of hydrogen-bond donors (Lipinski definition) is 0. The van der Waals surface area contributed by atoms with Crippen LogP contribution >= 0.6 is 12.4 Å². The third kappa shape index (κ3) is 2.92. The molecule has 0 bridgehead atoms. The molecule has 2 aromatic rings. The second kappa shape index (κ2) is 6.87. The molecule has 0 saturated carbocycles. The van der Waals surface area contributed by atoms with E-state index in [2.05, 4.69) is 24.9 Å². The molecule has 0 unspecified atom stereocenters. The van der Waals surface area contributed by atoms with E-state index in [0.29, 0.717) is 18.9 Å². The molecule has 6 heteroatoms. The minimum atomic E-state index is -0.458. The number of ether oxygens (including phenoxy) is 1. The van der Waals surface area contributed by atoms with Gasteiger partial charge < -0.3 is 19.0 Å². The molecule has 0 aliphatic carbocycles. The maximum absolute atomic E-state index is 13.3. The number of hydrogen-bond acceptors (Lipinski definition) is 4. The first kappa shape index (κ1) is 19.2. The Morgan fingerprint density at radius 3 is 2.50 bits per heavy atom. The van der Waals surface area contributed by atoms with Crippen LogP contribution < -0.4 is 0 Å². The molecule has 1 aromatic carbocycles. The van der Waals surface area contributed by atoms with Gasteiger partial charge in [0.25, 0.3) is 5.91 Å². The Balaban J connectivity index is 0.00000196. The zero-order valence-electron chi connectivity index (χ0n) is 15.9. The number of piperidine rings is 1. The van der Waals surface area contributed by atoms with Crippen LogP contribution in [0.15, 0.2) is 16.5 Å². The Kier molecular flexibility index (Phi) is 5.08.